The molecule has 2 rings (SSSR count). The highest BCUT2D eigenvalue weighted by Crippen LogP contribution is 2.27. The van der Waals surface area contributed by atoms with Crippen LogP contribution in [0.1, 0.15) is 18.1 Å². The van der Waals surface area contributed by atoms with Gasteiger partial charge in [0.25, 0.3) is 0 Å². The molecule has 2 aromatic rings. The SMILES string of the molecule is CCOC(=O)N/N=C(/c1ccc(Cl)cc1)c1ccc(OS(=O)(=O)C(F)(F)F)cc1. The molecule has 0 aliphatic heterocycles. The van der Waals surface area contributed by atoms with E-state index in [9.17, 15) is 26.4 Å². The van der Waals surface area contributed by atoms with Gasteiger partial charge in [0.05, 0.1) is 12.3 Å². The van der Waals surface area contributed by atoms with Crippen LogP contribution in [0.4, 0.5) is 18.0 Å². The summed E-state index contributed by atoms with van der Waals surface area (Å²) in [4.78, 5) is 11.5. The van der Waals surface area contributed by atoms with E-state index in [1.807, 2.05) is 0 Å². The van der Waals surface area contributed by atoms with E-state index < -0.39 is 27.5 Å². The second-order valence-corrected chi connectivity index (χ2v) is 7.28. The summed E-state index contributed by atoms with van der Waals surface area (Å²) in [6.07, 6.45) is -0.810. The van der Waals surface area contributed by atoms with Gasteiger partial charge in [0, 0.05) is 16.1 Å². The van der Waals surface area contributed by atoms with Gasteiger partial charge in [-0.25, -0.2) is 10.2 Å². The molecule has 12 heteroatoms. The fourth-order valence-corrected chi connectivity index (χ4v) is 2.60. The number of benzene rings is 2. The van der Waals surface area contributed by atoms with E-state index in [2.05, 4.69) is 14.7 Å². The summed E-state index contributed by atoms with van der Waals surface area (Å²) in [6, 6.07) is 11.0. The fourth-order valence-electron chi connectivity index (χ4n) is 2.01. The lowest BCUT2D eigenvalue weighted by atomic mass is 10.0. The molecule has 0 atom stereocenters. The van der Waals surface area contributed by atoms with Gasteiger partial charge < -0.3 is 8.92 Å². The Morgan fingerprint density at radius 3 is 2.07 bits per heavy atom. The molecule has 1 N–H and O–H groups in total. The Morgan fingerprint density at radius 1 is 1.07 bits per heavy atom. The average Bonchev–Trinajstić information content (AvgIpc) is 2.63. The van der Waals surface area contributed by atoms with Gasteiger partial charge >= 0.3 is 21.7 Å². The van der Waals surface area contributed by atoms with Gasteiger partial charge in [-0.15, -0.1) is 0 Å². The van der Waals surface area contributed by atoms with Crippen LogP contribution in [-0.4, -0.2) is 32.3 Å². The minimum Gasteiger partial charge on any atom is -0.449 e. The van der Waals surface area contributed by atoms with Crippen LogP contribution in [0.2, 0.25) is 5.02 Å². The predicted octanol–water partition coefficient (Wildman–Crippen LogP) is 4.07. The molecule has 0 radical (unpaired) electrons. The van der Waals surface area contributed by atoms with E-state index in [0.29, 0.717) is 16.1 Å². The second kappa shape index (κ2) is 9.14. The highest BCUT2D eigenvalue weighted by molar-refractivity contribution is 7.88. The van der Waals surface area contributed by atoms with Gasteiger partial charge in [-0.2, -0.15) is 26.7 Å². The van der Waals surface area contributed by atoms with Crippen LogP contribution in [0.3, 0.4) is 0 Å². The van der Waals surface area contributed by atoms with Crippen LogP contribution in [-0.2, 0) is 14.9 Å². The van der Waals surface area contributed by atoms with Crippen LogP contribution in [0, 0.1) is 0 Å². The maximum Gasteiger partial charge on any atom is 0.534 e. The minimum atomic E-state index is -5.79. The highest BCUT2D eigenvalue weighted by atomic mass is 35.5. The summed E-state index contributed by atoms with van der Waals surface area (Å²) < 4.78 is 68.2. The molecule has 29 heavy (non-hydrogen) atoms. The standard InChI is InChI=1S/C17H14ClF3N2O5S/c1-2-27-16(24)23-22-15(11-3-7-13(18)8-4-11)12-5-9-14(10-6-12)28-29(25,26)17(19,20)21/h3-10H,2H2,1H3,(H,23,24)/b22-15-. The highest BCUT2D eigenvalue weighted by Gasteiger charge is 2.48. The number of rotatable bonds is 6. The third-order valence-electron chi connectivity index (χ3n) is 3.27. The molecule has 0 saturated carbocycles. The zero-order valence-corrected chi connectivity index (χ0v) is 16.3. The zero-order chi connectivity index (χ0) is 21.7. The number of amides is 1. The molecular weight excluding hydrogens is 437 g/mol. The fraction of sp³-hybridized carbons (Fsp3) is 0.176. The van der Waals surface area contributed by atoms with Gasteiger partial charge in [0.2, 0.25) is 0 Å². The molecule has 0 aromatic heterocycles. The Bertz CT molecular complexity index is 991. The van der Waals surface area contributed by atoms with Crippen LogP contribution >= 0.6 is 11.6 Å². The third-order valence-corrected chi connectivity index (χ3v) is 4.50. The first-order chi connectivity index (χ1) is 13.5. The van der Waals surface area contributed by atoms with Crippen molar-refractivity contribution >= 4 is 33.5 Å². The lowest BCUT2D eigenvalue weighted by molar-refractivity contribution is -0.0500. The van der Waals surface area contributed by atoms with Crippen molar-refractivity contribution in [2.45, 2.75) is 12.4 Å². The summed E-state index contributed by atoms with van der Waals surface area (Å²) in [6.45, 7) is 1.73. The van der Waals surface area contributed by atoms with E-state index in [1.54, 1.807) is 31.2 Å². The normalized spacial score (nSPS) is 12.4. The maximum atomic E-state index is 12.4. The molecule has 0 saturated heterocycles. The number of alkyl halides is 3. The number of nitrogens with zero attached hydrogens (tertiary/aromatic N) is 1. The molecule has 0 bridgehead atoms. The summed E-state index contributed by atoms with van der Waals surface area (Å²) >= 11 is 5.86. The van der Waals surface area contributed by atoms with Crippen molar-refractivity contribution in [1.29, 1.82) is 0 Å². The number of hydrazone groups is 1. The second-order valence-electron chi connectivity index (χ2n) is 5.31. The van der Waals surface area contributed by atoms with E-state index >= 15 is 0 Å². The largest absolute Gasteiger partial charge is 0.534 e. The lowest BCUT2D eigenvalue weighted by Crippen LogP contribution is -2.28. The van der Waals surface area contributed by atoms with Gasteiger partial charge in [-0.1, -0.05) is 23.7 Å². The number of hydrogen-bond donors (Lipinski definition) is 1. The first-order valence-corrected chi connectivity index (χ1v) is 9.69. The summed E-state index contributed by atoms with van der Waals surface area (Å²) in [5, 5.41) is 4.42. The van der Waals surface area contributed by atoms with Crippen molar-refractivity contribution in [3.63, 3.8) is 0 Å². The predicted molar refractivity (Wildman–Crippen MR) is 99.3 cm³/mol. The quantitative estimate of drug-likeness (QED) is 0.310. The number of hydrogen-bond acceptors (Lipinski definition) is 6. The van der Waals surface area contributed by atoms with Crippen LogP contribution in [0.5, 0.6) is 5.75 Å². The monoisotopic (exact) mass is 450 g/mol. The number of carbonyl (C=O) groups excluding carboxylic acids is 1. The van der Waals surface area contributed by atoms with Crippen molar-refractivity contribution in [2.24, 2.45) is 5.10 Å². The van der Waals surface area contributed by atoms with Crippen molar-refractivity contribution < 1.29 is 35.3 Å². The third kappa shape index (κ3) is 6.09. The topological polar surface area (TPSA) is 94.1 Å². The van der Waals surface area contributed by atoms with E-state index in [4.69, 9.17) is 16.3 Å². The number of ether oxygens (including phenoxy) is 1. The first-order valence-electron chi connectivity index (χ1n) is 7.91. The molecule has 0 heterocycles. The molecule has 0 fully saturated rings. The lowest BCUT2D eigenvalue weighted by Gasteiger charge is -2.11. The number of nitrogens with one attached hydrogen (secondary N) is 1. The Balaban J connectivity index is 2.35. The van der Waals surface area contributed by atoms with Crippen molar-refractivity contribution in [2.75, 3.05) is 6.61 Å². The first kappa shape index (κ1) is 22.5. The molecule has 0 aliphatic carbocycles. The molecule has 1 amide bonds. The molecule has 2 aromatic carbocycles. The molecule has 0 unspecified atom stereocenters. The van der Waals surface area contributed by atoms with E-state index in [1.165, 1.54) is 12.1 Å². The van der Waals surface area contributed by atoms with Crippen molar-refractivity contribution in [1.82, 2.24) is 5.43 Å². The Kier molecular flexibility index (Phi) is 7.09. The molecule has 0 aliphatic rings. The van der Waals surface area contributed by atoms with E-state index in [0.717, 1.165) is 12.1 Å². The Morgan fingerprint density at radius 2 is 1.59 bits per heavy atom. The smallest absolute Gasteiger partial charge is 0.449 e. The summed E-state index contributed by atoms with van der Waals surface area (Å²) in [7, 11) is -5.79. The average molecular weight is 451 g/mol. The van der Waals surface area contributed by atoms with Gasteiger partial charge in [-0.3, -0.25) is 0 Å². The van der Waals surface area contributed by atoms with Crippen molar-refractivity contribution in [3.8, 4) is 5.75 Å². The number of halogens is 4. The number of carbonyl (C=O) groups is 1. The molecule has 156 valence electrons. The van der Waals surface area contributed by atoms with Crippen LogP contribution < -0.4 is 9.61 Å². The maximum absolute atomic E-state index is 12.4. The van der Waals surface area contributed by atoms with Gasteiger partial charge in [-0.05, 0) is 43.3 Å². The minimum absolute atomic E-state index is 0.122. The summed E-state index contributed by atoms with van der Waals surface area (Å²) in [5.41, 5.74) is -2.28. The summed E-state index contributed by atoms with van der Waals surface area (Å²) in [5.74, 6) is -0.542. The van der Waals surface area contributed by atoms with Crippen LogP contribution in [0.25, 0.3) is 0 Å². The van der Waals surface area contributed by atoms with Crippen LogP contribution in [0.15, 0.2) is 53.6 Å². The molecular formula is C17H14ClF3N2O5S. The van der Waals surface area contributed by atoms with E-state index in [-0.39, 0.29) is 12.3 Å². The van der Waals surface area contributed by atoms with Gasteiger partial charge in [0.1, 0.15) is 5.75 Å². The van der Waals surface area contributed by atoms with Crippen molar-refractivity contribution in [3.05, 3.63) is 64.7 Å². The molecule has 7 nitrogen and oxygen atoms in total. The Hall–Kier alpha value is -2.79. The Labute approximate surface area is 169 Å². The van der Waals surface area contributed by atoms with Gasteiger partial charge in [0.15, 0.2) is 0 Å². The zero-order valence-electron chi connectivity index (χ0n) is 14.7. The molecule has 0 spiro atoms.